The van der Waals surface area contributed by atoms with Crippen molar-refractivity contribution < 1.29 is 19.1 Å². The molecule has 1 N–H and O–H groups in total. The average molecular weight is 425 g/mol. The number of aryl methyl sites for hydroxylation is 2. The van der Waals surface area contributed by atoms with E-state index in [1.54, 1.807) is 23.6 Å². The highest BCUT2D eigenvalue weighted by Gasteiger charge is 2.16. The molecule has 164 valence electrons. The highest BCUT2D eigenvalue weighted by Crippen LogP contribution is 2.26. The van der Waals surface area contributed by atoms with E-state index in [2.05, 4.69) is 10.3 Å². The first-order chi connectivity index (χ1) is 14.8. The monoisotopic (exact) mass is 424 g/mol. The van der Waals surface area contributed by atoms with E-state index in [0.717, 1.165) is 22.5 Å². The Hall–Kier alpha value is -3.42. The zero-order valence-corrected chi connectivity index (χ0v) is 18.6. The largest absolute Gasteiger partial charge is 0.461 e. The van der Waals surface area contributed by atoms with Gasteiger partial charge in [-0.2, -0.15) is 5.10 Å². The van der Waals surface area contributed by atoms with Crippen LogP contribution in [-0.2, 0) is 15.9 Å². The summed E-state index contributed by atoms with van der Waals surface area (Å²) in [5.74, 6) is -0.172. The Morgan fingerprint density at radius 1 is 1.13 bits per heavy atom. The molecule has 0 saturated carbocycles. The molecule has 0 bridgehead atoms. The van der Waals surface area contributed by atoms with E-state index in [9.17, 15) is 9.59 Å². The molecule has 3 aromatic rings. The summed E-state index contributed by atoms with van der Waals surface area (Å²) in [6.07, 6.45) is 0.212. The number of anilines is 1. The fourth-order valence-corrected chi connectivity index (χ4v) is 3.16. The molecule has 0 aliphatic heterocycles. The van der Waals surface area contributed by atoms with Crippen LogP contribution >= 0.6 is 0 Å². The Morgan fingerprint density at radius 3 is 2.55 bits per heavy atom. The van der Waals surface area contributed by atoms with E-state index >= 15 is 0 Å². The molecule has 0 radical (unpaired) electrons. The van der Waals surface area contributed by atoms with Crippen LogP contribution in [-0.4, -0.2) is 39.9 Å². The molecule has 0 saturated heterocycles. The van der Waals surface area contributed by atoms with Crippen molar-refractivity contribution in [1.29, 1.82) is 0 Å². The second kappa shape index (κ2) is 9.59. The van der Waals surface area contributed by atoms with Crippen LogP contribution in [0.3, 0.4) is 0 Å². The first kappa shape index (κ1) is 22.3. The molecule has 8 heteroatoms. The summed E-state index contributed by atoms with van der Waals surface area (Å²) in [5, 5.41) is 7.43. The summed E-state index contributed by atoms with van der Waals surface area (Å²) in [7, 11) is 0. The van der Waals surface area contributed by atoms with Gasteiger partial charge in [-0.15, -0.1) is 0 Å². The number of carbonyl (C=O) groups is 2. The van der Waals surface area contributed by atoms with E-state index in [1.807, 2.05) is 45.9 Å². The highest BCUT2D eigenvalue weighted by atomic mass is 16.5. The molecular formula is C23H28N4O4. The van der Waals surface area contributed by atoms with Crippen molar-refractivity contribution in [2.24, 2.45) is 5.92 Å². The van der Waals surface area contributed by atoms with Crippen molar-refractivity contribution in [3.8, 4) is 11.3 Å². The van der Waals surface area contributed by atoms with Gasteiger partial charge in [0.1, 0.15) is 0 Å². The SMILES string of the molecule is CCOC(=O)c1cc(CC)n2nc(-c3ccc(NC(=O)OCC(C)C)cc3C)cc2n1. The van der Waals surface area contributed by atoms with Gasteiger partial charge < -0.3 is 9.47 Å². The minimum absolute atomic E-state index is 0.272. The third kappa shape index (κ3) is 5.20. The Labute approximate surface area is 181 Å². The lowest BCUT2D eigenvalue weighted by Crippen LogP contribution is -2.16. The van der Waals surface area contributed by atoms with Crippen LogP contribution in [0.4, 0.5) is 10.5 Å². The Morgan fingerprint density at radius 2 is 1.90 bits per heavy atom. The molecule has 0 unspecified atom stereocenters. The van der Waals surface area contributed by atoms with E-state index in [-0.39, 0.29) is 11.6 Å². The van der Waals surface area contributed by atoms with Crippen LogP contribution in [0, 0.1) is 12.8 Å². The predicted octanol–water partition coefficient (Wildman–Crippen LogP) is 4.65. The van der Waals surface area contributed by atoms with E-state index in [4.69, 9.17) is 14.6 Å². The summed E-state index contributed by atoms with van der Waals surface area (Å²) in [6.45, 7) is 10.3. The number of carbonyl (C=O) groups excluding carboxylic acids is 2. The number of ether oxygens (including phenoxy) is 2. The topological polar surface area (TPSA) is 94.8 Å². The zero-order valence-electron chi connectivity index (χ0n) is 18.6. The molecule has 0 atom stereocenters. The van der Waals surface area contributed by atoms with Crippen molar-refractivity contribution in [2.45, 2.75) is 41.0 Å². The van der Waals surface area contributed by atoms with Gasteiger partial charge in [0.2, 0.25) is 0 Å². The first-order valence-corrected chi connectivity index (χ1v) is 10.4. The maximum Gasteiger partial charge on any atom is 0.411 e. The maximum absolute atomic E-state index is 12.1. The lowest BCUT2D eigenvalue weighted by molar-refractivity contribution is 0.0519. The fraction of sp³-hybridized carbons (Fsp3) is 0.391. The number of nitrogens with one attached hydrogen (secondary N) is 1. The van der Waals surface area contributed by atoms with Gasteiger partial charge in [-0.05, 0) is 49.9 Å². The van der Waals surface area contributed by atoms with Crippen molar-refractivity contribution in [3.63, 3.8) is 0 Å². The number of hydrogen-bond donors (Lipinski definition) is 1. The molecule has 2 aromatic heterocycles. The first-order valence-electron chi connectivity index (χ1n) is 10.4. The predicted molar refractivity (Wildman–Crippen MR) is 118 cm³/mol. The minimum Gasteiger partial charge on any atom is -0.461 e. The van der Waals surface area contributed by atoms with Crippen molar-refractivity contribution in [1.82, 2.24) is 14.6 Å². The number of amides is 1. The molecule has 0 fully saturated rings. The van der Waals surface area contributed by atoms with Crippen molar-refractivity contribution in [2.75, 3.05) is 18.5 Å². The van der Waals surface area contributed by atoms with Crippen LogP contribution in [0.1, 0.15) is 49.4 Å². The van der Waals surface area contributed by atoms with E-state index in [0.29, 0.717) is 31.0 Å². The summed E-state index contributed by atoms with van der Waals surface area (Å²) in [4.78, 5) is 28.5. The summed E-state index contributed by atoms with van der Waals surface area (Å²) < 4.78 is 12.0. The standard InChI is InChI=1S/C23H28N4O4/c1-6-17-11-20(22(28)30-7-2)25-21-12-19(26-27(17)21)18-9-8-16(10-15(18)5)24-23(29)31-13-14(3)4/h8-12,14H,6-7,13H2,1-5H3,(H,24,29). The quantitative estimate of drug-likeness (QED) is 0.555. The number of fused-ring (bicyclic) bond motifs is 1. The van der Waals surface area contributed by atoms with Crippen molar-refractivity contribution in [3.05, 3.63) is 47.3 Å². The Bertz CT molecular complexity index is 1100. The minimum atomic E-state index is -0.475. The van der Waals surface area contributed by atoms with E-state index < -0.39 is 12.1 Å². The molecule has 31 heavy (non-hydrogen) atoms. The van der Waals surface area contributed by atoms with Gasteiger partial charge in [-0.25, -0.2) is 19.1 Å². The molecule has 0 aliphatic carbocycles. The molecule has 0 aliphatic rings. The van der Waals surface area contributed by atoms with Crippen LogP contribution in [0.15, 0.2) is 30.3 Å². The number of aromatic nitrogens is 3. The summed E-state index contributed by atoms with van der Waals surface area (Å²) in [6, 6.07) is 9.13. The second-order valence-corrected chi connectivity index (χ2v) is 7.65. The number of rotatable bonds is 7. The van der Waals surface area contributed by atoms with Gasteiger partial charge in [-0.1, -0.05) is 26.8 Å². The Kier molecular flexibility index (Phi) is 6.89. The normalized spacial score (nSPS) is 11.0. The number of nitrogens with zero attached hydrogens (tertiary/aromatic N) is 3. The second-order valence-electron chi connectivity index (χ2n) is 7.65. The molecular weight excluding hydrogens is 396 g/mol. The van der Waals surface area contributed by atoms with Gasteiger partial charge in [0.15, 0.2) is 11.3 Å². The average Bonchev–Trinajstić information content (AvgIpc) is 3.15. The number of esters is 1. The molecule has 2 heterocycles. The smallest absolute Gasteiger partial charge is 0.411 e. The van der Waals surface area contributed by atoms with E-state index in [1.165, 1.54) is 0 Å². The van der Waals surface area contributed by atoms with Crippen LogP contribution in [0.2, 0.25) is 0 Å². The number of benzene rings is 1. The van der Waals surface area contributed by atoms with Crippen LogP contribution in [0.25, 0.3) is 16.9 Å². The maximum atomic E-state index is 12.1. The molecule has 1 aromatic carbocycles. The van der Waals surface area contributed by atoms with Crippen LogP contribution < -0.4 is 5.32 Å². The van der Waals surface area contributed by atoms with Crippen LogP contribution in [0.5, 0.6) is 0 Å². The lowest BCUT2D eigenvalue weighted by Gasteiger charge is -2.10. The molecule has 0 spiro atoms. The van der Waals surface area contributed by atoms with Gasteiger partial charge in [0, 0.05) is 23.0 Å². The zero-order chi connectivity index (χ0) is 22.5. The van der Waals surface area contributed by atoms with Gasteiger partial charge in [0.25, 0.3) is 0 Å². The molecule has 1 amide bonds. The fourth-order valence-electron chi connectivity index (χ4n) is 3.16. The van der Waals surface area contributed by atoms with Gasteiger partial charge in [0.05, 0.1) is 18.9 Å². The Balaban J connectivity index is 1.89. The van der Waals surface area contributed by atoms with Gasteiger partial charge in [-0.3, -0.25) is 5.32 Å². The molecule has 3 rings (SSSR count). The summed E-state index contributed by atoms with van der Waals surface area (Å²) in [5.41, 5.74) is 4.94. The third-order valence-electron chi connectivity index (χ3n) is 4.64. The number of hydrogen-bond acceptors (Lipinski definition) is 6. The third-order valence-corrected chi connectivity index (χ3v) is 4.64. The van der Waals surface area contributed by atoms with Crippen molar-refractivity contribution >= 4 is 23.4 Å². The summed E-state index contributed by atoms with van der Waals surface area (Å²) >= 11 is 0. The molecule has 8 nitrogen and oxygen atoms in total. The lowest BCUT2D eigenvalue weighted by atomic mass is 10.1. The van der Waals surface area contributed by atoms with Gasteiger partial charge >= 0.3 is 12.1 Å². The highest BCUT2D eigenvalue weighted by molar-refractivity contribution is 5.88.